The second-order valence-corrected chi connectivity index (χ2v) is 5.34. The van der Waals surface area contributed by atoms with Gasteiger partial charge in [-0.05, 0) is 18.1 Å². The van der Waals surface area contributed by atoms with Gasteiger partial charge >= 0.3 is 5.97 Å². The number of anilines is 1. The molecule has 0 aliphatic rings. The zero-order valence-electron chi connectivity index (χ0n) is 11.1. The molecule has 0 heterocycles. The smallest absolute Gasteiger partial charge is 0.335 e. The number of aromatic carboxylic acids is 1. The fourth-order valence-corrected chi connectivity index (χ4v) is 2.12. The molecule has 1 aromatic rings. The molecule has 5 nitrogen and oxygen atoms in total. The predicted octanol–water partition coefficient (Wildman–Crippen LogP) is 3.00. The van der Waals surface area contributed by atoms with Crippen LogP contribution >= 0.6 is 23.2 Å². The molecular weight excluding hydrogens is 303 g/mol. The van der Waals surface area contributed by atoms with E-state index in [9.17, 15) is 9.59 Å². The largest absolute Gasteiger partial charge is 0.478 e. The van der Waals surface area contributed by atoms with E-state index in [2.05, 4.69) is 5.32 Å². The lowest BCUT2D eigenvalue weighted by molar-refractivity contribution is -0.118. The number of carboxylic acids is 1. The third-order valence-electron chi connectivity index (χ3n) is 3.10. The highest BCUT2D eigenvalue weighted by atomic mass is 35.5. The highest BCUT2D eigenvalue weighted by Crippen LogP contribution is 2.32. The molecule has 4 N–H and O–H groups in total. The first-order valence-corrected chi connectivity index (χ1v) is 6.82. The Morgan fingerprint density at radius 1 is 1.35 bits per heavy atom. The number of carboxylic acid groups (broad SMARTS) is 1. The van der Waals surface area contributed by atoms with Crippen molar-refractivity contribution in [2.45, 2.75) is 26.3 Å². The molecular formula is C13H16Cl2N2O3. The maximum absolute atomic E-state index is 12.0. The van der Waals surface area contributed by atoms with Crippen molar-refractivity contribution < 1.29 is 14.7 Å². The Balaban J connectivity index is 2.99. The summed E-state index contributed by atoms with van der Waals surface area (Å²) in [5.74, 6) is -1.56. The summed E-state index contributed by atoms with van der Waals surface area (Å²) in [6, 6.07) is 1.76. The summed E-state index contributed by atoms with van der Waals surface area (Å²) in [5, 5.41) is 11.5. The Kier molecular flexibility index (Phi) is 5.80. The van der Waals surface area contributed by atoms with E-state index in [4.69, 9.17) is 34.0 Å². The van der Waals surface area contributed by atoms with Crippen LogP contribution in [0.15, 0.2) is 12.1 Å². The van der Waals surface area contributed by atoms with Crippen molar-refractivity contribution in [3.63, 3.8) is 0 Å². The average molecular weight is 319 g/mol. The summed E-state index contributed by atoms with van der Waals surface area (Å²) in [6.07, 6.45) is 0.758. The molecule has 7 heteroatoms. The monoisotopic (exact) mass is 318 g/mol. The van der Waals surface area contributed by atoms with Gasteiger partial charge < -0.3 is 16.2 Å². The van der Waals surface area contributed by atoms with Crippen LogP contribution < -0.4 is 11.1 Å². The van der Waals surface area contributed by atoms with E-state index in [1.807, 2.05) is 13.8 Å². The van der Waals surface area contributed by atoms with E-state index >= 15 is 0 Å². The highest BCUT2D eigenvalue weighted by molar-refractivity contribution is 6.40. The Labute approximate surface area is 127 Å². The van der Waals surface area contributed by atoms with Crippen LogP contribution in [-0.2, 0) is 4.79 Å². The summed E-state index contributed by atoms with van der Waals surface area (Å²) in [6.45, 7) is 3.79. The quantitative estimate of drug-likeness (QED) is 0.778. The minimum Gasteiger partial charge on any atom is -0.478 e. The van der Waals surface area contributed by atoms with Crippen LogP contribution in [0.4, 0.5) is 5.69 Å². The van der Waals surface area contributed by atoms with Crippen molar-refractivity contribution >= 4 is 40.8 Å². The normalized spacial score (nSPS) is 13.7. The third-order valence-corrected chi connectivity index (χ3v) is 3.69. The van der Waals surface area contributed by atoms with Crippen LogP contribution in [0.25, 0.3) is 0 Å². The van der Waals surface area contributed by atoms with Crippen molar-refractivity contribution in [1.29, 1.82) is 0 Å². The number of nitrogens with two attached hydrogens (primary N) is 1. The Morgan fingerprint density at radius 2 is 1.85 bits per heavy atom. The van der Waals surface area contributed by atoms with Gasteiger partial charge in [-0.1, -0.05) is 43.5 Å². The van der Waals surface area contributed by atoms with Crippen LogP contribution in [-0.4, -0.2) is 23.0 Å². The van der Waals surface area contributed by atoms with Crippen molar-refractivity contribution in [2.24, 2.45) is 11.7 Å². The van der Waals surface area contributed by atoms with E-state index in [1.165, 1.54) is 12.1 Å². The second-order valence-electron chi connectivity index (χ2n) is 4.52. The number of rotatable bonds is 5. The summed E-state index contributed by atoms with van der Waals surface area (Å²) >= 11 is 11.9. The molecule has 0 saturated heterocycles. The maximum Gasteiger partial charge on any atom is 0.335 e. The zero-order valence-corrected chi connectivity index (χ0v) is 12.6. The topological polar surface area (TPSA) is 92.4 Å². The number of hydrogen-bond donors (Lipinski definition) is 3. The molecule has 0 spiro atoms. The van der Waals surface area contributed by atoms with Gasteiger partial charge in [0.05, 0.1) is 27.3 Å². The number of carbonyl (C=O) groups excluding carboxylic acids is 1. The lowest BCUT2D eigenvalue weighted by Crippen LogP contribution is -2.40. The zero-order chi connectivity index (χ0) is 15.4. The number of benzene rings is 1. The molecule has 0 aliphatic heterocycles. The lowest BCUT2D eigenvalue weighted by atomic mass is 9.99. The van der Waals surface area contributed by atoms with Crippen molar-refractivity contribution in [1.82, 2.24) is 0 Å². The van der Waals surface area contributed by atoms with E-state index in [1.54, 1.807) is 0 Å². The molecule has 0 radical (unpaired) electrons. The standard InChI is InChI=1S/C13H16Cl2N2O3/c1-3-6(2)10(16)12(18)17-11-8(14)4-7(13(19)20)5-9(11)15/h4-6,10H,3,16H2,1-2H3,(H,17,18)(H,19,20)/t6?,10-/m0/s1. The number of amides is 1. The van der Waals surface area contributed by atoms with Crippen LogP contribution in [0.1, 0.15) is 30.6 Å². The molecule has 0 saturated carbocycles. The maximum atomic E-state index is 12.0. The average Bonchev–Trinajstić information content (AvgIpc) is 2.40. The molecule has 1 unspecified atom stereocenters. The van der Waals surface area contributed by atoms with Gasteiger partial charge in [-0.15, -0.1) is 0 Å². The number of carbonyl (C=O) groups is 2. The first-order chi connectivity index (χ1) is 9.27. The van der Waals surface area contributed by atoms with Gasteiger partial charge in [0.25, 0.3) is 0 Å². The Hall–Kier alpha value is -1.30. The molecule has 1 rings (SSSR count). The summed E-state index contributed by atoms with van der Waals surface area (Å²) in [4.78, 5) is 22.8. The van der Waals surface area contributed by atoms with Gasteiger partial charge in [0.15, 0.2) is 0 Å². The Bertz CT molecular complexity index is 511. The van der Waals surface area contributed by atoms with Crippen LogP contribution in [0.2, 0.25) is 10.0 Å². The second kappa shape index (κ2) is 6.92. The first kappa shape index (κ1) is 16.8. The van der Waals surface area contributed by atoms with Gasteiger partial charge in [0, 0.05) is 0 Å². The summed E-state index contributed by atoms with van der Waals surface area (Å²) in [5.41, 5.74) is 5.92. The SMILES string of the molecule is CCC(C)[C@H](N)C(=O)Nc1c(Cl)cc(C(=O)O)cc1Cl. The number of hydrogen-bond acceptors (Lipinski definition) is 3. The molecule has 0 aromatic heterocycles. The molecule has 1 aromatic carbocycles. The van der Waals surface area contributed by atoms with E-state index in [-0.39, 0.29) is 27.2 Å². The van der Waals surface area contributed by atoms with Gasteiger partial charge in [-0.2, -0.15) is 0 Å². The molecule has 0 aliphatic carbocycles. The molecule has 2 atom stereocenters. The van der Waals surface area contributed by atoms with Gasteiger partial charge in [0.2, 0.25) is 5.91 Å². The fraction of sp³-hybridized carbons (Fsp3) is 0.385. The van der Waals surface area contributed by atoms with E-state index < -0.39 is 17.9 Å². The van der Waals surface area contributed by atoms with Crippen LogP contribution in [0.5, 0.6) is 0 Å². The minimum atomic E-state index is -1.15. The van der Waals surface area contributed by atoms with Gasteiger partial charge in [0.1, 0.15) is 0 Å². The summed E-state index contributed by atoms with van der Waals surface area (Å²) in [7, 11) is 0. The van der Waals surface area contributed by atoms with Crippen molar-refractivity contribution in [3.8, 4) is 0 Å². The molecule has 0 bridgehead atoms. The van der Waals surface area contributed by atoms with E-state index in [0.717, 1.165) is 6.42 Å². The third kappa shape index (κ3) is 3.85. The fourth-order valence-electron chi connectivity index (χ4n) is 1.53. The van der Waals surface area contributed by atoms with Crippen LogP contribution in [0.3, 0.4) is 0 Å². The lowest BCUT2D eigenvalue weighted by Gasteiger charge is -2.19. The Morgan fingerprint density at radius 3 is 2.25 bits per heavy atom. The van der Waals surface area contributed by atoms with Gasteiger partial charge in [-0.25, -0.2) is 4.79 Å². The molecule has 110 valence electrons. The highest BCUT2D eigenvalue weighted by Gasteiger charge is 2.22. The van der Waals surface area contributed by atoms with Gasteiger partial charge in [-0.3, -0.25) is 4.79 Å². The summed E-state index contributed by atoms with van der Waals surface area (Å²) < 4.78 is 0. The first-order valence-electron chi connectivity index (χ1n) is 6.06. The van der Waals surface area contributed by atoms with Crippen molar-refractivity contribution in [2.75, 3.05) is 5.32 Å². The molecule has 1 amide bonds. The minimum absolute atomic E-state index is 0.00541. The molecule has 20 heavy (non-hydrogen) atoms. The molecule has 0 fully saturated rings. The number of nitrogens with one attached hydrogen (secondary N) is 1. The predicted molar refractivity (Wildman–Crippen MR) is 79.5 cm³/mol. The van der Waals surface area contributed by atoms with Crippen molar-refractivity contribution in [3.05, 3.63) is 27.7 Å². The number of halogens is 2. The van der Waals surface area contributed by atoms with Crippen LogP contribution in [0, 0.1) is 5.92 Å². The van der Waals surface area contributed by atoms with E-state index in [0.29, 0.717) is 0 Å².